The van der Waals surface area contributed by atoms with Crippen LogP contribution in [0.25, 0.3) is 4.96 Å². The van der Waals surface area contributed by atoms with Crippen molar-refractivity contribution in [1.82, 2.24) is 19.6 Å². The molecule has 0 spiro atoms. The van der Waals surface area contributed by atoms with Crippen molar-refractivity contribution in [2.75, 3.05) is 13.1 Å². The molecule has 0 radical (unpaired) electrons. The summed E-state index contributed by atoms with van der Waals surface area (Å²) in [7, 11) is 0. The quantitative estimate of drug-likeness (QED) is 0.729. The van der Waals surface area contributed by atoms with E-state index in [2.05, 4.69) is 10.3 Å². The molecule has 0 atom stereocenters. The SMILES string of the molecule is O=C(NCc1cn2ccsc2n1)N1CCC(OCc2ccccc2F)CC1. The lowest BCUT2D eigenvalue weighted by Crippen LogP contribution is -2.45. The number of rotatable bonds is 5. The van der Waals surface area contributed by atoms with Crippen molar-refractivity contribution in [2.24, 2.45) is 0 Å². The lowest BCUT2D eigenvalue weighted by Gasteiger charge is -2.32. The summed E-state index contributed by atoms with van der Waals surface area (Å²) in [6.07, 6.45) is 5.43. The molecule has 1 saturated heterocycles. The Kier molecular flexibility index (Phi) is 5.35. The lowest BCUT2D eigenvalue weighted by molar-refractivity contribution is 0.00336. The van der Waals surface area contributed by atoms with Gasteiger partial charge in [-0.05, 0) is 18.9 Å². The van der Waals surface area contributed by atoms with E-state index in [0.29, 0.717) is 25.2 Å². The molecule has 6 nitrogen and oxygen atoms in total. The van der Waals surface area contributed by atoms with Crippen LogP contribution in [0.2, 0.25) is 0 Å². The molecular formula is C19H21FN4O2S. The van der Waals surface area contributed by atoms with Gasteiger partial charge in [0.25, 0.3) is 0 Å². The number of thiazole rings is 1. The Labute approximate surface area is 160 Å². The average molecular weight is 388 g/mol. The first-order valence-electron chi connectivity index (χ1n) is 8.98. The van der Waals surface area contributed by atoms with E-state index < -0.39 is 0 Å². The van der Waals surface area contributed by atoms with E-state index in [-0.39, 0.29) is 24.6 Å². The van der Waals surface area contributed by atoms with Crippen LogP contribution in [0.1, 0.15) is 24.1 Å². The van der Waals surface area contributed by atoms with Gasteiger partial charge in [-0.3, -0.25) is 4.40 Å². The van der Waals surface area contributed by atoms with Crippen LogP contribution in [-0.4, -0.2) is 39.5 Å². The van der Waals surface area contributed by atoms with Crippen LogP contribution in [0.5, 0.6) is 0 Å². The number of amides is 2. The van der Waals surface area contributed by atoms with Crippen molar-refractivity contribution >= 4 is 22.3 Å². The minimum Gasteiger partial charge on any atom is -0.373 e. The Morgan fingerprint density at radius 3 is 2.93 bits per heavy atom. The summed E-state index contributed by atoms with van der Waals surface area (Å²) in [5.74, 6) is -0.242. The van der Waals surface area contributed by atoms with Gasteiger partial charge in [-0.15, -0.1) is 11.3 Å². The molecule has 1 N–H and O–H groups in total. The van der Waals surface area contributed by atoms with Gasteiger partial charge in [0, 0.05) is 36.4 Å². The fraction of sp³-hybridized carbons (Fsp3) is 0.368. The molecule has 4 rings (SSSR count). The molecule has 27 heavy (non-hydrogen) atoms. The third kappa shape index (κ3) is 4.28. The van der Waals surface area contributed by atoms with Crippen LogP contribution >= 0.6 is 11.3 Å². The molecular weight excluding hydrogens is 367 g/mol. The van der Waals surface area contributed by atoms with Crippen LogP contribution < -0.4 is 5.32 Å². The minimum absolute atomic E-state index is 0.0496. The van der Waals surface area contributed by atoms with E-state index in [9.17, 15) is 9.18 Å². The maximum absolute atomic E-state index is 13.6. The van der Waals surface area contributed by atoms with Crippen LogP contribution in [-0.2, 0) is 17.9 Å². The summed E-state index contributed by atoms with van der Waals surface area (Å²) in [5.41, 5.74) is 1.41. The highest BCUT2D eigenvalue weighted by molar-refractivity contribution is 7.15. The predicted molar refractivity (Wildman–Crippen MR) is 101 cm³/mol. The zero-order valence-corrected chi connectivity index (χ0v) is 15.6. The van der Waals surface area contributed by atoms with E-state index in [1.54, 1.807) is 34.4 Å². The molecule has 2 amide bonds. The molecule has 3 heterocycles. The Balaban J connectivity index is 1.21. The number of halogens is 1. The first kappa shape index (κ1) is 17.9. The molecule has 3 aromatic rings. The summed E-state index contributed by atoms with van der Waals surface area (Å²) in [6.45, 7) is 1.94. The number of nitrogens with zero attached hydrogens (tertiary/aromatic N) is 3. The number of fused-ring (bicyclic) bond motifs is 1. The fourth-order valence-corrected chi connectivity index (χ4v) is 3.91. The number of hydrogen-bond donors (Lipinski definition) is 1. The number of carbonyl (C=O) groups is 1. The normalized spacial score (nSPS) is 15.4. The van der Waals surface area contributed by atoms with Crippen LogP contribution in [0, 0.1) is 5.82 Å². The Hall–Kier alpha value is -2.45. The number of carbonyl (C=O) groups excluding carboxylic acids is 1. The van der Waals surface area contributed by atoms with E-state index in [1.807, 2.05) is 22.2 Å². The highest BCUT2D eigenvalue weighted by atomic mass is 32.1. The van der Waals surface area contributed by atoms with E-state index in [0.717, 1.165) is 23.5 Å². The summed E-state index contributed by atoms with van der Waals surface area (Å²) in [6, 6.07) is 6.56. The highest BCUT2D eigenvalue weighted by Crippen LogP contribution is 2.17. The Morgan fingerprint density at radius 2 is 2.15 bits per heavy atom. The summed E-state index contributed by atoms with van der Waals surface area (Å²) in [5, 5.41) is 4.90. The van der Waals surface area contributed by atoms with Crippen LogP contribution in [0.3, 0.4) is 0 Å². The number of aromatic nitrogens is 2. The zero-order valence-electron chi connectivity index (χ0n) is 14.8. The predicted octanol–water partition coefficient (Wildman–Crippen LogP) is 3.43. The third-order valence-electron chi connectivity index (χ3n) is 4.73. The standard InChI is InChI=1S/C19H21FN4O2S/c20-17-4-2-1-3-14(17)13-26-16-5-7-23(8-6-16)18(25)21-11-15-12-24-9-10-27-19(24)22-15/h1-4,9-10,12,16H,5-8,11,13H2,(H,21,25). The first-order chi connectivity index (χ1) is 13.2. The van der Waals surface area contributed by atoms with Crippen molar-refractivity contribution in [3.8, 4) is 0 Å². The number of nitrogens with one attached hydrogen (secondary N) is 1. The fourth-order valence-electron chi connectivity index (χ4n) is 3.19. The van der Waals surface area contributed by atoms with Crippen molar-refractivity contribution in [1.29, 1.82) is 0 Å². The van der Waals surface area contributed by atoms with Gasteiger partial charge < -0.3 is 15.0 Å². The summed E-state index contributed by atoms with van der Waals surface area (Å²) >= 11 is 1.57. The van der Waals surface area contributed by atoms with E-state index in [1.165, 1.54) is 6.07 Å². The topological polar surface area (TPSA) is 58.9 Å². The van der Waals surface area contributed by atoms with Crippen LogP contribution in [0.4, 0.5) is 9.18 Å². The number of ether oxygens (including phenoxy) is 1. The molecule has 142 valence electrons. The van der Waals surface area contributed by atoms with Gasteiger partial charge in [-0.2, -0.15) is 0 Å². The second-order valence-electron chi connectivity index (χ2n) is 6.57. The molecule has 1 aromatic carbocycles. The molecule has 0 aliphatic carbocycles. The number of likely N-dealkylation sites (tertiary alicyclic amines) is 1. The van der Waals surface area contributed by atoms with E-state index in [4.69, 9.17) is 4.74 Å². The average Bonchev–Trinajstić information content (AvgIpc) is 3.28. The third-order valence-corrected chi connectivity index (χ3v) is 5.50. The van der Waals surface area contributed by atoms with Gasteiger partial charge in [0.15, 0.2) is 4.96 Å². The molecule has 2 aromatic heterocycles. The first-order valence-corrected chi connectivity index (χ1v) is 9.86. The van der Waals surface area contributed by atoms with Crippen molar-refractivity contribution in [3.05, 3.63) is 59.1 Å². The lowest BCUT2D eigenvalue weighted by atomic mass is 10.1. The maximum Gasteiger partial charge on any atom is 0.317 e. The minimum atomic E-state index is -0.242. The monoisotopic (exact) mass is 388 g/mol. The molecule has 0 bridgehead atoms. The van der Waals surface area contributed by atoms with Gasteiger partial charge >= 0.3 is 6.03 Å². The Bertz CT molecular complexity index is 889. The molecule has 1 aliphatic rings. The van der Waals surface area contributed by atoms with E-state index >= 15 is 0 Å². The van der Waals surface area contributed by atoms with Gasteiger partial charge in [-0.25, -0.2) is 14.2 Å². The van der Waals surface area contributed by atoms with Crippen molar-refractivity contribution < 1.29 is 13.9 Å². The second kappa shape index (κ2) is 8.06. The largest absolute Gasteiger partial charge is 0.373 e. The summed E-state index contributed by atoms with van der Waals surface area (Å²) in [4.78, 5) is 19.5. The molecule has 0 saturated carbocycles. The molecule has 1 aliphatic heterocycles. The van der Waals surface area contributed by atoms with Gasteiger partial charge in [-0.1, -0.05) is 18.2 Å². The molecule has 1 fully saturated rings. The van der Waals surface area contributed by atoms with Gasteiger partial charge in [0.1, 0.15) is 5.82 Å². The molecule has 8 heteroatoms. The second-order valence-corrected chi connectivity index (χ2v) is 7.45. The van der Waals surface area contributed by atoms with Gasteiger partial charge in [0.2, 0.25) is 0 Å². The number of imidazole rings is 1. The number of urea groups is 1. The number of benzene rings is 1. The summed E-state index contributed by atoms with van der Waals surface area (Å²) < 4.78 is 21.4. The van der Waals surface area contributed by atoms with Crippen molar-refractivity contribution in [2.45, 2.75) is 32.1 Å². The molecule has 0 unspecified atom stereocenters. The Morgan fingerprint density at radius 1 is 1.33 bits per heavy atom. The smallest absolute Gasteiger partial charge is 0.317 e. The van der Waals surface area contributed by atoms with Crippen LogP contribution in [0.15, 0.2) is 42.0 Å². The van der Waals surface area contributed by atoms with Crippen molar-refractivity contribution in [3.63, 3.8) is 0 Å². The maximum atomic E-state index is 13.6. The number of piperidine rings is 1. The van der Waals surface area contributed by atoms with Gasteiger partial charge in [0.05, 0.1) is 24.9 Å². The highest BCUT2D eigenvalue weighted by Gasteiger charge is 2.23. The number of hydrogen-bond acceptors (Lipinski definition) is 4. The zero-order chi connectivity index (χ0) is 18.6.